The Balaban J connectivity index is 1.38. The number of hydrogen-bond acceptors (Lipinski definition) is 3. The molecule has 0 saturated heterocycles. The molecule has 1 heterocycles. The van der Waals surface area contributed by atoms with Gasteiger partial charge in [-0.15, -0.1) is 0 Å². The Morgan fingerprint density at radius 1 is 1.07 bits per heavy atom. The van der Waals surface area contributed by atoms with Crippen molar-refractivity contribution in [2.45, 2.75) is 50.3 Å². The van der Waals surface area contributed by atoms with Crippen molar-refractivity contribution in [3.63, 3.8) is 0 Å². The van der Waals surface area contributed by atoms with Crippen molar-refractivity contribution in [3.05, 3.63) is 70.6 Å². The predicted octanol–water partition coefficient (Wildman–Crippen LogP) is 3.31. The van der Waals surface area contributed by atoms with Crippen molar-refractivity contribution < 1.29 is 5.11 Å². The first kappa shape index (κ1) is 18.0. The van der Waals surface area contributed by atoms with Gasteiger partial charge in [-0.1, -0.05) is 42.5 Å². The summed E-state index contributed by atoms with van der Waals surface area (Å²) < 4.78 is 1.92. The molecule has 1 saturated carbocycles. The summed E-state index contributed by atoms with van der Waals surface area (Å²) in [4.78, 5) is 15.3. The molecule has 5 nitrogen and oxygen atoms in total. The lowest BCUT2D eigenvalue weighted by atomic mass is 9.89. The topological polar surface area (TPSA) is 70.0 Å². The molecule has 1 unspecified atom stereocenters. The van der Waals surface area contributed by atoms with E-state index in [4.69, 9.17) is 0 Å². The lowest BCUT2D eigenvalue weighted by molar-refractivity contribution is 0.0515. The number of aromatic nitrogens is 2. The van der Waals surface area contributed by atoms with E-state index in [2.05, 4.69) is 10.3 Å². The van der Waals surface area contributed by atoms with Crippen LogP contribution < -0.4 is 11.0 Å². The van der Waals surface area contributed by atoms with Gasteiger partial charge in [0.1, 0.15) is 0 Å². The molecular weight excluding hydrogens is 338 g/mol. The number of fused-ring (bicyclic) bond motifs is 1. The van der Waals surface area contributed by atoms with Gasteiger partial charge in [-0.05, 0) is 50.3 Å². The molecule has 1 atom stereocenters. The summed E-state index contributed by atoms with van der Waals surface area (Å²) in [6.07, 6.45) is 3.93. The number of rotatable bonds is 5. The average Bonchev–Trinajstić information content (AvgIpc) is 3.03. The largest absolute Gasteiger partial charge is 0.384 e. The Labute approximate surface area is 159 Å². The van der Waals surface area contributed by atoms with E-state index in [1.165, 1.54) is 0 Å². The van der Waals surface area contributed by atoms with Gasteiger partial charge in [-0.3, -0.25) is 4.57 Å². The van der Waals surface area contributed by atoms with E-state index in [-0.39, 0.29) is 11.7 Å². The standard InChI is InChI=1S/C22H27N3O2/c1-22(27,16-7-3-2-4-8-16)15-23-17-11-13-18(14-12-17)25-20-10-6-5-9-19(20)24-21(25)26/h2-10,17-18,23,27H,11-15H2,1H3,(H,24,26)/t17-,18-,22?. The Hall–Kier alpha value is -2.37. The first-order chi connectivity index (χ1) is 13.0. The molecule has 1 fully saturated rings. The fraction of sp³-hybridized carbons (Fsp3) is 0.409. The molecule has 0 amide bonds. The number of aliphatic hydroxyl groups is 1. The molecule has 0 bridgehead atoms. The number of imidazole rings is 1. The van der Waals surface area contributed by atoms with Crippen LogP contribution in [0.25, 0.3) is 11.0 Å². The SMILES string of the molecule is CC(O)(CN[C@H]1CC[C@H](n2c(=O)[nH]c3ccccc32)CC1)c1ccccc1. The zero-order valence-corrected chi connectivity index (χ0v) is 15.7. The third-order valence-electron chi connectivity index (χ3n) is 5.82. The van der Waals surface area contributed by atoms with Gasteiger partial charge in [-0.25, -0.2) is 4.79 Å². The van der Waals surface area contributed by atoms with Crippen molar-refractivity contribution in [1.82, 2.24) is 14.9 Å². The highest BCUT2D eigenvalue weighted by Gasteiger charge is 2.28. The van der Waals surface area contributed by atoms with E-state index < -0.39 is 5.60 Å². The van der Waals surface area contributed by atoms with Crippen molar-refractivity contribution in [3.8, 4) is 0 Å². The second-order valence-corrected chi connectivity index (χ2v) is 7.84. The Morgan fingerprint density at radius 3 is 2.48 bits per heavy atom. The number of nitrogens with one attached hydrogen (secondary N) is 2. The minimum absolute atomic E-state index is 0.0142. The van der Waals surface area contributed by atoms with E-state index in [0.717, 1.165) is 42.3 Å². The summed E-state index contributed by atoms with van der Waals surface area (Å²) in [6, 6.07) is 18.3. The first-order valence-corrected chi connectivity index (χ1v) is 9.75. The van der Waals surface area contributed by atoms with E-state index in [9.17, 15) is 9.90 Å². The monoisotopic (exact) mass is 365 g/mol. The summed E-state index contributed by atoms with van der Waals surface area (Å²) >= 11 is 0. The van der Waals surface area contributed by atoms with Crippen LogP contribution in [0.4, 0.5) is 0 Å². The minimum atomic E-state index is -0.883. The second-order valence-electron chi connectivity index (χ2n) is 7.84. The fourth-order valence-corrected chi connectivity index (χ4v) is 4.22. The lowest BCUT2D eigenvalue weighted by Gasteiger charge is -2.32. The summed E-state index contributed by atoms with van der Waals surface area (Å²) in [5.41, 5.74) is 1.93. The van der Waals surface area contributed by atoms with Crippen LogP contribution in [0, 0.1) is 0 Å². The van der Waals surface area contributed by atoms with E-state index in [1.54, 1.807) is 0 Å². The van der Waals surface area contributed by atoms with Crippen LogP contribution in [0.2, 0.25) is 0 Å². The van der Waals surface area contributed by atoms with Gasteiger partial charge in [0.25, 0.3) is 0 Å². The maximum Gasteiger partial charge on any atom is 0.326 e. The van der Waals surface area contributed by atoms with Crippen molar-refractivity contribution in [2.24, 2.45) is 0 Å². The molecule has 142 valence electrons. The van der Waals surface area contributed by atoms with Gasteiger partial charge in [0.2, 0.25) is 0 Å². The van der Waals surface area contributed by atoms with Crippen LogP contribution in [0.3, 0.4) is 0 Å². The van der Waals surface area contributed by atoms with E-state index in [0.29, 0.717) is 12.6 Å². The van der Waals surface area contributed by atoms with Crippen LogP contribution in [0.5, 0.6) is 0 Å². The maximum absolute atomic E-state index is 12.4. The minimum Gasteiger partial charge on any atom is -0.384 e. The van der Waals surface area contributed by atoms with Gasteiger partial charge in [-0.2, -0.15) is 0 Å². The second kappa shape index (κ2) is 7.33. The summed E-state index contributed by atoms with van der Waals surface area (Å²) in [5.74, 6) is 0. The highest BCUT2D eigenvalue weighted by molar-refractivity contribution is 5.75. The molecule has 0 aliphatic heterocycles. The molecule has 1 aromatic heterocycles. The van der Waals surface area contributed by atoms with Gasteiger partial charge in [0.05, 0.1) is 16.6 Å². The van der Waals surface area contributed by atoms with E-state index in [1.807, 2.05) is 66.1 Å². The number of aromatic amines is 1. The van der Waals surface area contributed by atoms with Gasteiger partial charge >= 0.3 is 5.69 Å². The Kier molecular flexibility index (Phi) is 4.89. The summed E-state index contributed by atoms with van der Waals surface area (Å²) in [5, 5.41) is 14.3. The number of benzene rings is 2. The zero-order valence-electron chi connectivity index (χ0n) is 15.7. The van der Waals surface area contributed by atoms with Crippen molar-refractivity contribution in [1.29, 1.82) is 0 Å². The lowest BCUT2D eigenvalue weighted by Crippen LogP contribution is -2.42. The number of nitrogens with zero attached hydrogens (tertiary/aromatic N) is 1. The van der Waals surface area contributed by atoms with Crippen LogP contribution in [0.1, 0.15) is 44.2 Å². The van der Waals surface area contributed by atoms with Crippen LogP contribution in [-0.4, -0.2) is 27.2 Å². The number of H-pyrrole nitrogens is 1. The summed E-state index contributed by atoms with van der Waals surface area (Å²) in [6.45, 7) is 2.38. The Morgan fingerprint density at radius 2 is 1.74 bits per heavy atom. The van der Waals surface area contributed by atoms with Crippen LogP contribution in [0.15, 0.2) is 59.4 Å². The quantitative estimate of drug-likeness (QED) is 0.650. The fourth-order valence-electron chi connectivity index (χ4n) is 4.22. The third-order valence-corrected chi connectivity index (χ3v) is 5.82. The van der Waals surface area contributed by atoms with E-state index >= 15 is 0 Å². The highest BCUT2D eigenvalue weighted by atomic mass is 16.3. The predicted molar refractivity (Wildman–Crippen MR) is 108 cm³/mol. The molecule has 4 rings (SSSR count). The van der Waals surface area contributed by atoms with Crippen molar-refractivity contribution >= 4 is 11.0 Å². The molecule has 1 aliphatic carbocycles. The molecular formula is C22H27N3O2. The van der Waals surface area contributed by atoms with Gasteiger partial charge in [0, 0.05) is 18.6 Å². The normalized spacial score (nSPS) is 22.6. The first-order valence-electron chi connectivity index (χ1n) is 9.75. The van der Waals surface area contributed by atoms with Crippen LogP contribution >= 0.6 is 0 Å². The molecule has 3 N–H and O–H groups in total. The molecule has 2 aromatic carbocycles. The maximum atomic E-state index is 12.4. The molecule has 1 aliphatic rings. The molecule has 0 spiro atoms. The molecule has 27 heavy (non-hydrogen) atoms. The molecule has 5 heteroatoms. The zero-order chi connectivity index (χ0) is 18.9. The summed E-state index contributed by atoms with van der Waals surface area (Å²) in [7, 11) is 0. The molecule has 0 radical (unpaired) electrons. The van der Waals surface area contributed by atoms with Crippen molar-refractivity contribution in [2.75, 3.05) is 6.54 Å². The molecule has 3 aromatic rings. The van der Waals surface area contributed by atoms with Gasteiger partial charge in [0.15, 0.2) is 0 Å². The van der Waals surface area contributed by atoms with Gasteiger partial charge < -0.3 is 15.4 Å². The number of hydrogen-bond donors (Lipinski definition) is 3. The Bertz CT molecular complexity index is 950. The highest BCUT2D eigenvalue weighted by Crippen LogP contribution is 2.30. The van der Waals surface area contributed by atoms with Crippen LogP contribution in [-0.2, 0) is 5.60 Å². The smallest absolute Gasteiger partial charge is 0.326 e. The third kappa shape index (κ3) is 3.70. The average molecular weight is 365 g/mol. The number of para-hydroxylation sites is 2.